The Morgan fingerprint density at radius 3 is 2.95 bits per heavy atom. The van der Waals surface area contributed by atoms with Crippen LogP contribution in [-0.2, 0) is 20.9 Å². The first-order chi connectivity index (χ1) is 9.34. The molecule has 0 saturated carbocycles. The Balaban J connectivity index is 1.57. The van der Waals surface area contributed by atoms with Gasteiger partial charge in [0.05, 0.1) is 6.61 Å². The van der Waals surface area contributed by atoms with E-state index in [2.05, 4.69) is 10.9 Å². The molecule has 1 aromatic carbocycles. The molecule has 1 aliphatic heterocycles. The van der Waals surface area contributed by atoms with Crippen LogP contribution in [0.3, 0.4) is 0 Å². The first kappa shape index (κ1) is 14.0. The molecule has 0 spiro atoms. The lowest BCUT2D eigenvalue weighted by molar-refractivity contribution is -0.144. The number of rotatable bonds is 6. The van der Waals surface area contributed by atoms with Crippen LogP contribution < -0.4 is 10.9 Å². The van der Waals surface area contributed by atoms with E-state index in [0.29, 0.717) is 13.2 Å². The topological polar surface area (TPSA) is 59.6 Å². The molecule has 2 N–H and O–H groups in total. The van der Waals surface area contributed by atoms with Crippen molar-refractivity contribution in [3.8, 4) is 0 Å². The van der Waals surface area contributed by atoms with Gasteiger partial charge in [-0.25, -0.2) is 5.43 Å². The minimum Gasteiger partial charge on any atom is -0.460 e. The zero-order valence-corrected chi connectivity index (χ0v) is 10.9. The van der Waals surface area contributed by atoms with Crippen LogP contribution in [0, 0.1) is 0 Å². The maximum atomic E-state index is 11.5. The highest BCUT2D eigenvalue weighted by Gasteiger charge is 2.13. The number of carbonyl (C=O) groups is 1. The summed E-state index contributed by atoms with van der Waals surface area (Å²) < 4.78 is 10.5. The molecular weight excluding hydrogens is 244 g/mol. The van der Waals surface area contributed by atoms with Gasteiger partial charge in [0.15, 0.2) is 0 Å². The van der Waals surface area contributed by atoms with E-state index in [-0.39, 0.29) is 18.6 Å². The van der Waals surface area contributed by atoms with Crippen molar-refractivity contribution in [1.82, 2.24) is 10.9 Å². The third kappa shape index (κ3) is 5.38. The highest BCUT2D eigenvalue weighted by atomic mass is 16.5. The molecule has 1 saturated heterocycles. The van der Waals surface area contributed by atoms with Gasteiger partial charge in [0, 0.05) is 12.6 Å². The van der Waals surface area contributed by atoms with Crippen molar-refractivity contribution in [2.45, 2.75) is 25.5 Å². The van der Waals surface area contributed by atoms with Gasteiger partial charge >= 0.3 is 5.97 Å². The number of ether oxygens (including phenoxy) is 2. The van der Waals surface area contributed by atoms with Gasteiger partial charge in [0.1, 0.15) is 13.2 Å². The smallest absolute Gasteiger partial charge is 0.321 e. The quantitative estimate of drug-likeness (QED) is 0.593. The molecule has 0 aromatic heterocycles. The van der Waals surface area contributed by atoms with Crippen molar-refractivity contribution in [3.05, 3.63) is 35.9 Å². The van der Waals surface area contributed by atoms with Crippen molar-refractivity contribution < 1.29 is 14.3 Å². The Kier molecular flexibility index (Phi) is 5.81. The molecule has 1 heterocycles. The summed E-state index contributed by atoms with van der Waals surface area (Å²) in [6, 6.07) is 9.91. The normalized spacial score (nSPS) is 19.1. The molecule has 0 bridgehead atoms. The SMILES string of the molecule is O=C(CNNC1CCCOC1)OCc1ccccc1. The van der Waals surface area contributed by atoms with Gasteiger partial charge in [-0.2, -0.15) is 0 Å². The molecule has 0 amide bonds. The first-order valence-electron chi connectivity index (χ1n) is 6.60. The highest BCUT2D eigenvalue weighted by Crippen LogP contribution is 2.04. The summed E-state index contributed by atoms with van der Waals surface area (Å²) in [4.78, 5) is 11.5. The number of hydrogen-bond acceptors (Lipinski definition) is 5. The Bertz CT molecular complexity index is 378. The number of nitrogens with one attached hydrogen (secondary N) is 2. The molecule has 5 heteroatoms. The van der Waals surface area contributed by atoms with Gasteiger partial charge in [0.25, 0.3) is 0 Å². The van der Waals surface area contributed by atoms with E-state index in [4.69, 9.17) is 9.47 Å². The van der Waals surface area contributed by atoms with Gasteiger partial charge in [-0.05, 0) is 18.4 Å². The van der Waals surface area contributed by atoms with E-state index >= 15 is 0 Å². The van der Waals surface area contributed by atoms with E-state index in [1.54, 1.807) is 0 Å². The molecule has 104 valence electrons. The highest BCUT2D eigenvalue weighted by molar-refractivity contribution is 5.71. The summed E-state index contributed by atoms with van der Waals surface area (Å²) in [7, 11) is 0. The summed E-state index contributed by atoms with van der Waals surface area (Å²) in [5, 5.41) is 0. The fourth-order valence-corrected chi connectivity index (χ4v) is 1.91. The number of hydrazine groups is 1. The van der Waals surface area contributed by atoms with Crippen LogP contribution in [0.25, 0.3) is 0 Å². The second-order valence-corrected chi connectivity index (χ2v) is 4.56. The Morgan fingerprint density at radius 2 is 2.21 bits per heavy atom. The van der Waals surface area contributed by atoms with E-state index in [1.807, 2.05) is 30.3 Å². The molecule has 1 aliphatic rings. The number of benzene rings is 1. The van der Waals surface area contributed by atoms with Crippen LogP contribution in [0.4, 0.5) is 0 Å². The average molecular weight is 264 g/mol. The lowest BCUT2D eigenvalue weighted by Crippen LogP contribution is -2.47. The summed E-state index contributed by atoms with van der Waals surface area (Å²) in [6.07, 6.45) is 2.11. The summed E-state index contributed by atoms with van der Waals surface area (Å²) in [5.41, 5.74) is 6.95. The fraction of sp³-hybridized carbons (Fsp3) is 0.500. The first-order valence-corrected chi connectivity index (χ1v) is 6.60. The van der Waals surface area contributed by atoms with Gasteiger partial charge in [0.2, 0.25) is 0 Å². The van der Waals surface area contributed by atoms with E-state index in [9.17, 15) is 4.79 Å². The summed E-state index contributed by atoms with van der Waals surface area (Å²) in [6.45, 7) is 1.99. The summed E-state index contributed by atoms with van der Waals surface area (Å²) in [5.74, 6) is -0.270. The third-order valence-corrected chi connectivity index (χ3v) is 2.94. The number of carbonyl (C=O) groups excluding carboxylic acids is 1. The molecule has 19 heavy (non-hydrogen) atoms. The standard InChI is InChI=1S/C14H20N2O3/c17-14(19-10-12-5-2-1-3-6-12)9-15-16-13-7-4-8-18-11-13/h1-3,5-6,13,15-16H,4,7-11H2. The Hall–Kier alpha value is -1.43. The molecule has 0 aliphatic carbocycles. The van der Waals surface area contributed by atoms with Crippen LogP contribution in [-0.4, -0.2) is 31.8 Å². The van der Waals surface area contributed by atoms with Gasteiger partial charge in [-0.1, -0.05) is 30.3 Å². The maximum Gasteiger partial charge on any atom is 0.321 e. The Labute approximate surface area is 113 Å². The fourth-order valence-electron chi connectivity index (χ4n) is 1.91. The summed E-state index contributed by atoms with van der Waals surface area (Å²) >= 11 is 0. The predicted octanol–water partition coefficient (Wildman–Crippen LogP) is 1.00. The molecule has 1 unspecified atom stereocenters. The van der Waals surface area contributed by atoms with Gasteiger partial charge < -0.3 is 9.47 Å². The third-order valence-electron chi connectivity index (χ3n) is 2.94. The minimum absolute atomic E-state index is 0.156. The largest absolute Gasteiger partial charge is 0.460 e. The average Bonchev–Trinajstić information content (AvgIpc) is 2.47. The van der Waals surface area contributed by atoms with Crippen molar-refractivity contribution in [2.24, 2.45) is 0 Å². The lowest BCUT2D eigenvalue weighted by atomic mass is 10.1. The second kappa shape index (κ2) is 7.89. The number of esters is 1. The van der Waals surface area contributed by atoms with Crippen LogP contribution in [0.2, 0.25) is 0 Å². The minimum atomic E-state index is -0.270. The van der Waals surface area contributed by atoms with Crippen molar-refractivity contribution in [3.63, 3.8) is 0 Å². The zero-order chi connectivity index (χ0) is 13.3. The predicted molar refractivity (Wildman–Crippen MR) is 71.2 cm³/mol. The second-order valence-electron chi connectivity index (χ2n) is 4.56. The zero-order valence-electron chi connectivity index (χ0n) is 10.9. The molecular formula is C14H20N2O3. The van der Waals surface area contributed by atoms with Gasteiger partial charge in [-0.3, -0.25) is 10.2 Å². The van der Waals surface area contributed by atoms with E-state index < -0.39 is 0 Å². The molecule has 1 aromatic rings. The van der Waals surface area contributed by atoms with E-state index in [0.717, 1.165) is 25.0 Å². The van der Waals surface area contributed by atoms with Crippen LogP contribution in [0.5, 0.6) is 0 Å². The molecule has 1 atom stereocenters. The van der Waals surface area contributed by atoms with Crippen LogP contribution in [0.1, 0.15) is 18.4 Å². The van der Waals surface area contributed by atoms with E-state index in [1.165, 1.54) is 0 Å². The molecule has 2 rings (SSSR count). The van der Waals surface area contributed by atoms with Crippen molar-refractivity contribution in [2.75, 3.05) is 19.8 Å². The maximum absolute atomic E-state index is 11.5. The monoisotopic (exact) mass is 264 g/mol. The van der Waals surface area contributed by atoms with Crippen molar-refractivity contribution >= 4 is 5.97 Å². The van der Waals surface area contributed by atoms with Crippen LogP contribution >= 0.6 is 0 Å². The molecule has 5 nitrogen and oxygen atoms in total. The Morgan fingerprint density at radius 1 is 1.37 bits per heavy atom. The van der Waals surface area contributed by atoms with Crippen LogP contribution in [0.15, 0.2) is 30.3 Å². The van der Waals surface area contributed by atoms with Gasteiger partial charge in [-0.15, -0.1) is 0 Å². The molecule has 1 fully saturated rings. The lowest BCUT2D eigenvalue weighted by Gasteiger charge is -2.23. The van der Waals surface area contributed by atoms with Crippen molar-refractivity contribution in [1.29, 1.82) is 0 Å². The molecule has 0 radical (unpaired) electrons. The number of hydrogen-bond donors (Lipinski definition) is 2.